The maximum Gasteiger partial charge on any atom is 0.157 e. The summed E-state index contributed by atoms with van der Waals surface area (Å²) < 4.78 is 3.68. The van der Waals surface area contributed by atoms with Gasteiger partial charge in [0.25, 0.3) is 0 Å². The quantitative estimate of drug-likeness (QED) is 0.894. The molecule has 0 saturated heterocycles. The molecule has 0 atom stereocenters. The molecule has 0 aromatic carbocycles. The third-order valence-electron chi connectivity index (χ3n) is 2.38. The predicted octanol–water partition coefficient (Wildman–Crippen LogP) is 3.29. The van der Waals surface area contributed by atoms with Gasteiger partial charge in [0, 0.05) is 35.0 Å². The fourth-order valence-electron chi connectivity index (χ4n) is 1.54. The minimum atomic E-state index is 0.432. The van der Waals surface area contributed by atoms with Crippen molar-refractivity contribution >= 4 is 31.9 Å². The smallest absolute Gasteiger partial charge is 0.157 e. The topological polar surface area (TPSA) is 42.7 Å². The number of hydrogen-bond acceptors (Lipinski definition) is 3. The van der Waals surface area contributed by atoms with Gasteiger partial charge in [0.2, 0.25) is 0 Å². The Bertz CT molecular complexity index is 537. The van der Waals surface area contributed by atoms with Crippen LogP contribution < -0.4 is 5.32 Å². The summed E-state index contributed by atoms with van der Waals surface area (Å²) in [6, 6.07) is 2.49. The first-order valence-corrected chi connectivity index (χ1v) is 7.23. The molecule has 2 aromatic rings. The van der Waals surface area contributed by atoms with Gasteiger partial charge in [-0.05, 0) is 37.9 Å². The van der Waals surface area contributed by atoms with E-state index in [9.17, 15) is 0 Å². The molecule has 4 nitrogen and oxygen atoms in total. The van der Waals surface area contributed by atoms with Crippen LogP contribution in [0.2, 0.25) is 0 Å². The van der Waals surface area contributed by atoms with Crippen molar-refractivity contribution in [3.63, 3.8) is 0 Å². The Kier molecular flexibility index (Phi) is 4.53. The van der Waals surface area contributed by atoms with Gasteiger partial charge in [-0.3, -0.25) is 0 Å². The van der Waals surface area contributed by atoms with E-state index in [-0.39, 0.29) is 0 Å². The van der Waals surface area contributed by atoms with E-state index < -0.39 is 0 Å². The number of nitrogens with zero attached hydrogens (tertiary/aromatic N) is 3. The number of aromatic nitrogens is 3. The second kappa shape index (κ2) is 5.95. The van der Waals surface area contributed by atoms with E-state index in [1.165, 1.54) is 0 Å². The van der Waals surface area contributed by atoms with E-state index >= 15 is 0 Å². The van der Waals surface area contributed by atoms with Crippen LogP contribution in [0.25, 0.3) is 5.82 Å². The highest BCUT2D eigenvalue weighted by atomic mass is 79.9. The molecule has 96 valence electrons. The van der Waals surface area contributed by atoms with Crippen LogP contribution in [-0.2, 0) is 6.54 Å². The van der Waals surface area contributed by atoms with E-state index in [2.05, 4.69) is 67.2 Å². The summed E-state index contributed by atoms with van der Waals surface area (Å²) in [5.74, 6) is 0.844. The first-order chi connectivity index (χ1) is 8.56. The summed E-state index contributed by atoms with van der Waals surface area (Å²) in [6.45, 7) is 5.00. The van der Waals surface area contributed by atoms with Gasteiger partial charge in [0.05, 0.1) is 10.7 Å². The van der Waals surface area contributed by atoms with E-state index in [1.807, 2.05) is 6.20 Å². The zero-order chi connectivity index (χ0) is 13.1. The van der Waals surface area contributed by atoms with Crippen molar-refractivity contribution in [2.75, 3.05) is 0 Å². The first-order valence-electron chi connectivity index (χ1n) is 5.64. The molecule has 0 amide bonds. The Morgan fingerprint density at radius 1 is 1.28 bits per heavy atom. The molecule has 2 rings (SSSR count). The molecule has 0 aliphatic rings. The zero-order valence-corrected chi connectivity index (χ0v) is 13.4. The molecule has 0 fully saturated rings. The molecule has 0 aliphatic heterocycles. The fraction of sp³-hybridized carbons (Fsp3) is 0.333. The highest BCUT2D eigenvalue weighted by Crippen LogP contribution is 2.18. The van der Waals surface area contributed by atoms with Crippen molar-refractivity contribution in [1.82, 2.24) is 20.1 Å². The van der Waals surface area contributed by atoms with Crippen LogP contribution in [0.3, 0.4) is 0 Å². The van der Waals surface area contributed by atoms with Crippen LogP contribution in [0.4, 0.5) is 0 Å². The van der Waals surface area contributed by atoms with Gasteiger partial charge in [-0.2, -0.15) is 5.10 Å². The molecule has 18 heavy (non-hydrogen) atoms. The van der Waals surface area contributed by atoms with Crippen LogP contribution >= 0.6 is 31.9 Å². The summed E-state index contributed by atoms with van der Waals surface area (Å²) in [7, 11) is 0. The van der Waals surface area contributed by atoms with E-state index in [1.54, 1.807) is 17.1 Å². The van der Waals surface area contributed by atoms with E-state index in [0.29, 0.717) is 6.04 Å². The molecule has 0 bridgehead atoms. The molecule has 0 radical (unpaired) electrons. The van der Waals surface area contributed by atoms with Gasteiger partial charge in [0.1, 0.15) is 0 Å². The lowest BCUT2D eigenvalue weighted by Gasteiger charge is -2.12. The van der Waals surface area contributed by atoms with Crippen molar-refractivity contribution < 1.29 is 0 Å². The molecule has 6 heteroatoms. The summed E-state index contributed by atoms with van der Waals surface area (Å²) in [5.41, 5.74) is 1.11. The number of nitrogens with one attached hydrogen (secondary N) is 1. The third kappa shape index (κ3) is 3.40. The van der Waals surface area contributed by atoms with Gasteiger partial charge in [-0.25, -0.2) is 9.67 Å². The van der Waals surface area contributed by atoms with Gasteiger partial charge in [-0.1, -0.05) is 13.8 Å². The van der Waals surface area contributed by atoms with Crippen LogP contribution in [0.15, 0.2) is 33.6 Å². The lowest BCUT2D eigenvalue weighted by Crippen LogP contribution is -2.23. The summed E-state index contributed by atoms with van der Waals surface area (Å²) in [5, 5.41) is 7.66. The normalized spacial score (nSPS) is 11.2. The molecular formula is C12H14Br2N4. The van der Waals surface area contributed by atoms with Crippen molar-refractivity contribution in [3.8, 4) is 5.82 Å². The molecular weight excluding hydrogens is 360 g/mol. The van der Waals surface area contributed by atoms with Gasteiger partial charge in [0.15, 0.2) is 5.82 Å². The van der Waals surface area contributed by atoms with Crippen molar-refractivity contribution in [1.29, 1.82) is 0 Å². The molecule has 0 unspecified atom stereocenters. The molecule has 0 spiro atoms. The Labute approximate surface area is 123 Å². The minimum absolute atomic E-state index is 0.432. The largest absolute Gasteiger partial charge is 0.310 e. The monoisotopic (exact) mass is 372 g/mol. The maximum absolute atomic E-state index is 4.43. The Morgan fingerprint density at radius 2 is 2.06 bits per heavy atom. The van der Waals surface area contributed by atoms with Crippen LogP contribution in [0.5, 0.6) is 0 Å². The number of hydrogen-bond donors (Lipinski definition) is 1. The highest BCUT2D eigenvalue weighted by molar-refractivity contribution is 9.10. The number of pyridine rings is 1. The molecule has 2 aromatic heterocycles. The van der Waals surface area contributed by atoms with Crippen molar-refractivity contribution in [3.05, 3.63) is 39.2 Å². The fourth-order valence-corrected chi connectivity index (χ4v) is 2.21. The second-order valence-electron chi connectivity index (χ2n) is 4.27. The first kappa shape index (κ1) is 13.7. The second-order valence-corrected chi connectivity index (χ2v) is 6.11. The average molecular weight is 374 g/mol. The van der Waals surface area contributed by atoms with Crippen LogP contribution in [0.1, 0.15) is 19.4 Å². The molecule has 0 saturated carbocycles. The van der Waals surface area contributed by atoms with Gasteiger partial charge in [-0.15, -0.1) is 0 Å². The van der Waals surface area contributed by atoms with E-state index in [0.717, 1.165) is 26.9 Å². The SMILES string of the molecule is CC(C)NCc1cc(Br)cnc1-n1cc(Br)cn1. The zero-order valence-electron chi connectivity index (χ0n) is 10.2. The highest BCUT2D eigenvalue weighted by Gasteiger charge is 2.09. The van der Waals surface area contributed by atoms with E-state index in [4.69, 9.17) is 0 Å². The molecule has 0 aliphatic carbocycles. The Morgan fingerprint density at radius 3 is 2.67 bits per heavy atom. The maximum atomic E-state index is 4.43. The average Bonchev–Trinajstić information content (AvgIpc) is 2.73. The number of rotatable bonds is 4. The van der Waals surface area contributed by atoms with Gasteiger partial charge < -0.3 is 5.32 Å². The summed E-state index contributed by atoms with van der Waals surface area (Å²) >= 11 is 6.85. The summed E-state index contributed by atoms with van der Waals surface area (Å²) in [4.78, 5) is 4.43. The predicted molar refractivity (Wildman–Crippen MR) is 78.7 cm³/mol. The lowest BCUT2D eigenvalue weighted by molar-refractivity contribution is 0.584. The Balaban J connectivity index is 2.34. The van der Waals surface area contributed by atoms with Crippen LogP contribution in [-0.4, -0.2) is 20.8 Å². The summed E-state index contributed by atoms with van der Waals surface area (Å²) in [6.07, 6.45) is 5.43. The minimum Gasteiger partial charge on any atom is -0.310 e. The van der Waals surface area contributed by atoms with Crippen molar-refractivity contribution in [2.45, 2.75) is 26.4 Å². The van der Waals surface area contributed by atoms with Gasteiger partial charge >= 0.3 is 0 Å². The number of halogens is 2. The standard InChI is InChI=1S/C12H14Br2N4/c1-8(2)15-4-9-3-10(13)5-16-12(9)18-7-11(14)6-17-18/h3,5-8,15H,4H2,1-2H3. The molecule has 1 N–H and O–H groups in total. The Hall–Kier alpha value is -0.720. The van der Waals surface area contributed by atoms with Crippen LogP contribution in [0, 0.1) is 0 Å². The van der Waals surface area contributed by atoms with Crippen molar-refractivity contribution in [2.24, 2.45) is 0 Å². The third-order valence-corrected chi connectivity index (χ3v) is 3.22. The molecule has 2 heterocycles. The lowest BCUT2D eigenvalue weighted by atomic mass is 10.2.